The molecule has 0 bridgehead atoms. The number of esters is 2. The van der Waals surface area contributed by atoms with Crippen LogP contribution < -0.4 is 5.73 Å². The molecule has 1 aliphatic rings. The van der Waals surface area contributed by atoms with Crippen molar-refractivity contribution in [2.75, 3.05) is 0 Å². The van der Waals surface area contributed by atoms with Crippen LogP contribution in [0.1, 0.15) is 20.8 Å². The smallest absolute Gasteiger partial charge is 0.367 e. The summed E-state index contributed by atoms with van der Waals surface area (Å²) in [5.74, 6) is -1.47. The summed E-state index contributed by atoms with van der Waals surface area (Å²) in [6, 6.07) is 0. The van der Waals surface area contributed by atoms with E-state index in [1.54, 1.807) is 20.8 Å². The van der Waals surface area contributed by atoms with Crippen molar-refractivity contribution in [1.29, 1.82) is 0 Å². The Morgan fingerprint density at radius 3 is 2.53 bits per heavy atom. The summed E-state index contributed by atoms with van der Waals surface area (Å²) in [6.45, 7) is 8.36. The van der Waals surface area contributed by atoms with E-state index in [4.69, 9.17) is 15.2 Å². The van der Waals surface area contributed by atoms with Crippen LogP contribution in [0.25, 0.3) is 0 Å². The van der Waals surface area contributed by atoms with Crippen LogP contribution in [0.2, 0.25) is 0 Å². The van der Waals surface area contributed by atoms with Crippen LogP contribution in [0, 0.1) is 5.41 Å². The summed E-state index contributed by atoms with van der Waals surface area (Å²) in [6.07, 6.45) is 0.550. The van der Waals surface area contributed by atoms with E-state index < -0.39 is 29.2 Å². The third-order valence-corrected chi connectivity index (χ3v) is 2.99. The second-order valence-corrected chi connectivity index (χ2v) is 4.13. The molecule has 84 valence electrons. The predicted octanol–water partition coefficient (Wildman–Crippen LogP) is 0.342. The lowest BCUT2D eigenvalue weighted by molar-refractivity contribution is -0.175. The monoisotopic (exact) mass is 213 g/mol. The van der Waals surface area contributed by atoms with Crippen LogP contribution in [-0.2, 0) is 19.1 Å². The highest BCUT2D eigenvalue weighted by molar-refractivity contribution is 5.89. The number of hydrogen-bond donors (Lipinski definition) is 1. The molecule has 0 spiro atoms. The van der Waals surface area contributed by atoms with Gasteiger partial charge in [0.2, 0.25) is 0 Å². The maximum atomic E-state index is 11.5. The van der Waals surface area contributed by atoms with E-state index in [1.807, 2.05) is 0 Å². The van der Waals surface area contributed by atoms with Crippen LogP contribution in [0.5, 0.6) is 0 Å². The third-order valence-electron chi connectivity index (χ3n) is 2.99. The number of hydrogen-bond acceptors (Lipinski definition) is 5. The maximum absolute atomic E-state index is 11.5. The van der Waals surface area contributed by atoms with Gasteiger partial charge in [-0.1, -0.05) is 20.4 Å². The standard InChI is InChI=1S/C10H15NO4/c1-5-7(12)15-10(11)8(13)14-6(2)9(10,3)4/h5-6H,1,11H2,2-4H3. The first-order valence-corrected chi connectivity index (χ1v) is 4.61. The van der Waals surface area contributed by atoms with Crippen molar-refractivity contribution < 1.29 is 19.1 Å². The Balaban J connectivity index is 3.04. The van der Waals surface area contributed by atoms with Gasteiger partial charge in [-0.05, 0) is 6.92 Å². The number of cyclic esters (lactones) is 1. The fraction of sp³-hybridized carbons (Fsp3) is 0.600. The summed E-state index contributed by atoms with van der Waals surface area (Å²) < 4.78 is 9.85. The van der Waals surface area contributed by atoms with Crippen molar-refractivity contribution in [3.63, 3.8) is 0 Å². The number of carbonyl (C=O) groups is 2. The van der Waals surface area contributed by atoms with E-state index in [0.717, 1.165) is 6.08 Å². The van der Waals surface area contributed by atoms with Crippen molar-refractivity contribution in [3.05, 3.63) is 12.7 Å². The van der Waals surface area contributed by atoms with E-state index in [9.17, 15) is 9.59 Å². The van der Waals surface area contributed by atoms with Crippen molar-refractivity contribution in [2.24, 2.45) is 11.1 Å². The molecule has 2 unspecified atom stereocenters. The Morgan fingerprint density at radius 2 is 2.20 bits per heavy atom. The molecule has 1 saturated heterocycles. The molecule has 1 heterocycles. The molecule has 1 rings (SSSR count). The van der Waals surface area contributed by atoms with Crippen LogP contribution >= 0.6 is 0 Å². The number of ether oxygens (including phenoxy) is 2. The van der Waals surface area contributed by atoms with E-state index >= 15 is 0 Å². The van der Waals surface area contributed by atoms with E-state index in [1.165, 1.54) is 0 Å². The minimum absolute atomic E-state index is 0.410. The van der Waals surface area contributed by atoms with Crippen molar-refractivity contribution in [3.8, 4) is 0 Å². The van der Waals surface area contributed by atoms with E-state index in [2.05, 4.69) is 6.58 Å². The van der Waals surface area contributed by atoms with Crippen LogP contribution in [-0.4, -0.2) is 23.8 Å². The van der Waals surface area contributed by atoms with Crippen molar-refractivity contribution in [1.82, 2.24) is 0 Å². The van der Waals surface area contributed by atoms with E-state index in [-0.39, 0.29) is 0 Å². The SMILES string of the molecule is C=CC(=O)OC1(N)C(=O)OC(C)C1(C)C. The summed E-state index contributed by atoms with van der Waals surface area (Å²) in [5.41, 5.74) is 3.27. The minimum Gasteiger partial charge on any atom is -0.458 e. The Hall–Kier alpha value is -1.36. The highest BCUT2D eigenvalue weighted by Crippen LogP contribution is 2.42. The fourth-order valence-corrected chi connectivity index (χ4v) is 1.33. The molecular weight excluding hydrogens is 198 g/mol. The molecule has 0 aliphatic carbocycles. The Bertz CT molecular complexity index is 323. The lowest BCUT2D eigenvalue weighted by Gasteiger charge is -2.33. The molecule has 1 aliphatic heterocycles. The zero-order valence-electron chi connectivity index (χ0n) is 9.07. The predicted molar refractivity (Wildman–Crippen MR) is 52.5 cm³/mol. The maximum Gasteiger partial charge on any atom is 0.367 e. The largest absolute Gasteiger partial charge is 0.458 e. The lowest BCUT2D eigenvalue weighted by Crippen LogP contribution is -2.58. The van der Waals surface area contributed by atoms with Gasteiger partial charge in [0.05, 0.1) is 5.41 Å². The van der Waals surface area contributed by atoms with Gasteiger partial charge in [0.15, 0.2) is 0 Å². The quantitative estimate of drug-likeness (QED) is 0.406. The Morgan fingerprint density at radius 1 is 1.67 bits per heavy atom. The van der Waals surface area contributed by atoms with Gasteiger partial charge in [-0.2, -0.15) is 0 Å². The van der Waals surface area contributed by atoms with Gasteiger partial charge < -0.3 is 9.47 Å². The molecule has 2 atom stereocenters. The second-order valence-electron chi connectivity index (χ2n) is 4.13. The van der Waals surface area contributed by atoms with Crippen LogP contribution in [0.4, 0.5) is 0 Å². The number of rotatable bonds is 2. The van der Waals surface area contributed by atoms with Crippen LogP contribution in [0.15, 0.2) is 12.7 Å². The second kappa shape index (κ2) is 3.34. The Labute approximate surface area is 88.2 Å². The first-order chi connectivity index (χ1) is 6.75. The van der Waals surface area contributed by atoms with Gasteiger partial charge in [-0.15, -0.1) is 0 Å². The summed E-state index contributed by atoms with van der Waals surface area (Å²) in [5, 5.41) is 0. The average molecular weight is 213 g/mol. The van der Waals surface area contributed by atoms with Gasteiger partial charge in [0.25, 0.3) is 5.72 Å². The summed E-state index contributed by atoms with van der Waals surface area (Å²) in [4.78, 5) is 22.6. The van der Waals surface area contributed by atoms with Gasteiger partial charge >= 0.3 is 11.9 Å². The molecule has 2 N–H and O–H groups in total. The molecule has 1 fully saturated rings. The number of nitrogens with two attached hydrogens (primary N) is 1. The first-order valence-electron chi connectivity index (χ1n) is 4.61. The molecule has 15 heavy (non-hydrogen) atoms. The van der Waals surface area contributed by atoms with Crippen LogP contribution in [0.3, 0.4) is 0 Å². The average Bonchev–Trinajstić information content (AvgIpc) is 2.28. The minimum atomic E-state index is -1.74. The zero-order chi connectivity index (χ0) is 11.9. The van der Waals surface area contributed by atoms with Gasteiger partial charge in [0.1, 0.15) is 6.10 Å². The van der Waals surface area contributed by atoms with Gasteiger partial charge in [-0.3, -0.25) is 5.73 Å². The third kappa shape index (κ3) is 1.52. The van der Waals surface area contributed by atoms with Gasteiger partial charge in [-0.25, -0.2) is 9.59 Å². The molecule has 0 radical (unpaired) electrons. The van der Waals surface area contributed by atoms with Crippen molar-refractivity contribution >= 4 is 11.9 Å². The normalized spacial score (nSPS) is 33.3. The molecule has 0 amide bonds. The summed E-state index contributed by atoms with van der Waals surface area (Å²) in [7, 11) is 0. The molecule has 0 saturated carbocycles. The zero-order valence-corrected chi connectivity index (χ0v) is 9.07. The highest BCUT2D eigenvalue weighted by atomic mass is 16.6. The highest BCUT2D eigenvalue weighted by Gasteiger charge is 2.62. The Kier molecular flexibility index (Phi) is 2.61. The molecule has 0 aromatic heterocycles. The molecule has 5 heteroatoms. The molecule has 0 aromatic rings. The number of carbonyl (C=O) groups excluding carboxylic acids is 2. The molecule has 5 nitrogen and oxygen atoms in total. The molecule has 0 aromatic carbocycles. The topological polar surface area (TPSA) is 78.6 Å². The van der Waals surface area contributed by atoms with Gasteiger partial charge in [0, 0.05) is 6.08 Å². The molecular formula is C10H15NO4. The van der Waals surface area contributed by atoms with Crippen molar-refractivity contribution in [2.45, 2.75) is 32.6 Å². The fourth-order valence-electron chi connectivity index (χ4n) is 1.33. The summed E-state index contributed by atoms with van der Waals surface area (Å²) >= 11 is 0. The van der Waals surface area contributed by atoms with E-state index in [0.29, 0.717) is 0 Å². The lowest BCUT2D eigenvalue weighted by atomic mass is 9.79. The first kappa shape index (κ1) is 11.7.